The van der Waals surface area contributed by atoms with Crippen LogP contribution in [0.1, 0.15) is 74.5 Å². The van der Waals surface area contributed by atoms with Crippen LogP contribution in [0.5, 0.6) is 0 Å². The van der Waals surface area contributed by atoms with Crippen LogP contribution < -0.4 is 4.90 Å². The molecule has 0 bridgehead atoms. The number of amides is 2. The maximum atomic E-state index is 13.8. The zero-order valence-corrected chi connectivity index (χ0v) is 24.9. The van der Waals surface area contributed by atoms with E-state index < -0.39 is 83.3 Å². The molecule has 0 N–H and O–H groups in total. The summed E-state index contributed by atoms with van der Waals surface area (Å²) in [4.78, 5) is 32.3. The summed E-state index contributed by atoms with van der Waals surface area (Å²) in [6, 6.07) is -0.478. The Labute approximate surface area is 257 Å². The highest BCUT2D eigenvalue weighted by atomic mass is 19.4. The molecule has 1 aromatic carbocycles. The van der Waals surface area contributed by atoms with Crippen molar-refractivity contribution in [1.29, 1.82) is 0 Å². The number of benzene rings is 1. The molecule has 2 amide bonds. The first kappa shape index (κ1) is 35.1. The van der Waals surface area contributed by atoms with E-state index in [1.807, 2.05) is 0 Å². The second-order valence-corrected chi connectivity index (χ2v) is 11.9. The van der Waals surface area contributed by atoms with Crippen molar-refractivity contribution in [2.75, 3.05) is 18.1 Å². The fraction of sp³-hybridized carbons (Fsp3) is 0.552. The average Bonchev–Trinajstić information content (AvgIpc) is 3.20. The Morgan fingerprint density at radius 1 is 0.913 bits per heavy atom. The third kappa shape index (κ3) is 7.96. The van der Waals surface area contributed by atoms with Crippen LogP contribution in [0.25, 0.3) is 0 Å². The molecule has 0 aliphatic carbocycles. The summed E-state index contributed by atoms with van der Waals surface area (Å²) in [5, 5.41) is 0. The van der Waals surface area contributed by atoms with Crippen molar-refractivity contribution in [2.24, 2.45) is 0 Å². The predicted octanol–water partition coefficient (Wildman–Crippen LogP) is 8.14. The number of alkyl halides is 9. The lowest BCUT2D eigenvalue weighted by atomic mass is 9.97. The molecule has 2 atom stereocenters. The first-order valence-electron chi connectivity index (χ1n) is 14.0. The minimum absolute atomic E-state index is 0.0785. The molecule has 0 spiro atoms. The number of carbonyl (C=O) groups is 2. The molecule has 2 aliphatic rings. The number of halogens is 9. The zero-order valence-electron chi connectivity index (χ0n) is 24.9. The molecule has 17 heteroatoms. The van der Waals surface area contributed by atoms with Gasteiger partial charge in [0, 0.05) is 31.0 Å². The molecular formula is C29H30F9N3O5. The SMILES string of the molecule is C[C@H]1[C@@H](c2cc(C(F)(F)F)cc(C(F)(F)F)c2)OC(=O)N1Cc1cc(C(F)(F)F)cnc1N(C(=O)OC(C)(C)C)C1CCOCC1. The lowest BCUT2D eigenvalue weighted by Gasteiger charge is -2.36. The van der Waals surface area contributed by atoms with Crippen LogP contribution in [0.3, 0.4) is 0 Å². The summed E-state index contributed by atoms with van der Waals surface area (Å²) in [5.41, 5.74) is -6.43. The molecule has 3 heterocycles. The molecule has 2 aliphatic heterocycles. The van der Waals surface area contributed by atoms with Gasteiger partial charge in [0.15, 0.2) is 0 Å². The number of hydrogen-bond donors (Lipinski definition) is 0. The molecule has 0 saturated carbocycles. The number of cyclic esters (lactones) is 1. The summed E-state index contributed by atoms with van der Waals surface area (Å²) in [6.45, 7) is 5.73. The van der Waals surface area contributed by atoms with Gasteiger partial charge in [0.05, 0.1) is 29.3 Å². The van der Waals surface area contributed by atoms with E-state index in [9.17, 15) is 49.1 Å². The van der Waals surface area contributed by atoms with Crippen molar-refractivity contribution in [1.82, 2.24) is 9.88 Å². The lowest BCUT2D eigenvalue weighted by Crippen LogP contribution is -2.47. The van der Waals surface area contributed by atoms with Crippen LogP contribution in [-0.2, 0) is 39.3 Å². The Morgan fingerprint density at radius 2 is 1.46 bits per heavy atom. The first-order chi connectivity index (χ1) is 21.1. The largest absolute Gasteiger partial charge is 0.443 e. The molecule has 0 radical (unpaired) electrons. The van der Waals surface area contributed by atoms with E-state index >= 15 is 0 Å². The summed E-state index contributed by atoms with van der Waals surface area (Å²) in [5.74, 6) is -0.281. The van der Waals surface area contributed by atoms with Crippen LogP contribution in [-0.4, -0.2) is 53.0 Å². The van der Waals surface area contributed by atoms with E-state index in [4.69, 9.17) is 14.2 Å². The smallest absolute Gasteiger partial charge is 0.417 e. The van der Waals surface area contributed by atoms with Gasteiger partial charge in [0.2, 0.25) is 0 Å². The normalized spacial score (nSPS) is 20.1. The van der Waals surface area contributed by atoms with Gasteiger partial charge in [-0.25, -0.2) is 14.6 Å². The van der Waals surface area contributed by atoms with E-state index in [1.54, 1.807) is 20.8 Å². The second kappa shape index (κ2) is 12.4. The standard InChI is InChI=1S/C29H30F9N3O5/c1-15-22(16-9-18(27(30,31)32)12-19(10-16)28(33,34)35)45-24(42)40(15)14-17-11-20(29(36,37)38)13-39-23(17)41(21-5-7-44-8-6-21)25(43)46-26(2,3)4/h9-13,15,21-22H,5-8,14H2,1-4H3/t15-,22-/m0/s1. The molecule has 2 aromatic rings. The Balaban J connectivity index is 1.77. The fourth-order valence-corrected chi connectivity index (χ4v) is 5.14. The van der Waals surface area contributed by atoms with E-state index in [2.05, 4.69) is 4.98 Å². The number of ether oxygens (including phenoxy) is 3. The van der Waals surface area contributed by atoms with E-state index in [0.29, 0.717) is 24.4 Å². The number of pyridine rings is 1. The Bertz CT molecular complexity index is 1420. The van der Waals surface area contributed by atoms with Gasteiger partial charge in [-0.2, -0.15) is 39.5 Å². The highest BCUT2D eigenvalue weighted by Gasteiger charge is 2.44. The van der Waals surface area contributed by atoms with Gasteiger partial charge in [-0.15, -0.1) is 0 Å². The highest BCUT2D eigenvalue weighted by molar-refractivity contribution is 5.88. The minimum Gasteiger partial charge on any atom is -0.443 e. The van der Waals surface area contributed by atoms with Crippen molar-refractivity contribution in [3.05, 3.63) is 58.3 Å². The van der Waals surface area contributed by atoms with Crippen molar-refractivity contribution in [2.45, 2.75) is 89.4 Å². The van der Waals surface area contributed by atoms with Crippen LogP contribution in [0, 0.1) is 0 Å². The van der Waals surface area contributed by atoms with E-state index in [0.717, 1.165) is 9.80 Å². The summed E-state index contributed by atoms with van der Waals surface area (Å²) in [7, 11) is 0. The quantitative estimate of drug-likeness (QED) is 0.299. The third-order valence-corrected chi connectivity index (χ3v) is 7.32. The number of aromatic nitrogens is 1. The number of rotatable bonds is 5. The molecule has 1 aromatic heterocycles. The lowest BCUT2D eigenvalue weighted by molar-refractivity contribution is -0.143. The van der Waals surface area contributed by atoms with Gasteiger partial charge in [0.1, 0.15) is 17.5 Å². The van der Waals surface area contributed by atoms with Crippen molar-refractivity contribution < 1.29 is 63.3 Å². The highest BCUT2D eigenvalue weighted by Crippen LogP contribution is 2.42. The van der Waals surface area contributed by atoms with Gasteiger partial charge in [-0.3, -0.25) is 9.80 Å². The van der Waals surface area contributed by atoms with Gasteiger partial charge in [-0.05, 0) is 70.4 Å². The number of hydrogen-bond acceptors (Lipinski definition) is 6. The molecular weight excluding hydrogens is 641 g/mol. The van der Waals surface area contributed by atoms with Crippen LogP contribution >= 0.6 is 0 Å². The number of carbonyl (C=O) groups excluding carboxylic acids is 2. The molecule has 2 fully saturated rings. The summed E-state index contributed by atoms with van der Waals surface area (Å²) in [6.07, 6.45) is -18.0. The molecule has 254 valence electrons. The van der Waals surface area contributed by atoms with Crippen LogP contribution in [0.2, 0.25) is 0 Å². The van der Waals surface area contributed by atoms with Crippen molar-refractivity contribution >= 4 is 18.0 Å². The number of anilines is 1. The maximum absolute atomic E-state index is 13.8. The Kier molecular flexibility index (Phi) is 9.50. The van der Waals surface area contributed by atoms with Gasteiger partial charge < -0.3 is 14.2 Å². The summed E-state index contributed by atoms with van der Waals surface area (Å²) >= 11 is 0. The summed E-state index contributed by atoms with van der Waals surface area (Å²) < 4.78 is 138. The zero-order chi connectivity index (χ0) is 34.4. The Morgan fingerprint density at radius 3 is 1.96 bits per heavy atom. The van der Waals surface area contributed by atoms with Crippen LogP contribution in [0.4, 0.5) is 54.9 Å². The monoisotopic (exact) mass is 671 g/mol. The van der Waals surface area contributed by atoms with Gasteiger partial charge in [-0.1, -0.05) is 0 Å². The van der Waals surface area contributed by atoms with Crippen LogP contribution in [0.15, 0.2) is 30.5 Å². The topological polar surface area (TPSA) is 81.2 Å². The van der Waals surface area contributed by atoms with Gasteiger partial charge in [0.25, 0.3) is 0 Å². The minimum atomic E-state index is -5.17. The fourth-order valence-electron chi connectivity index (χ4n) is 5.14. The van der Waals surface area contributed by atoms with E-state index in [-0.39, 0.29) is 43.5 Å². The predicted molar refractivity (Wildman–Crippen MR) is 142 cm³/mol. The Hall–Kier alpha value is -3.76. The van der Waals surface area contributed by atoms with Crippen molar-refractivity contribution in [3.8, 4) is 0 Å². The second-order valence-electron chi connectivity index (χ2n) is 11.9. The molecule has 2 saturated heterocycles. The van der Waals surface area contributed by atoms with Crippen molar-refractivity contribution in [3.63, 3.8) is 0 Å². The van der Waals surface area contributed by atoms with Gasteiger partial charge >= 0.3 is 30.7 Å². The molecule has 46 heavy (non-hydrogen) atoms. The molecule has 4 rings (SSSR count). The molecule has 8 nitrogen and oxygen atoms in total. The average molecular weight is 672 g/mol. The third-order valence-electron chi connectivity index (χ3n) is 7.32. The molecule has 0 unspecified atom stereocenters. The first-order valence-corrected chi connectivity index (χ1v) is 14.0. The maximum Gasteiger partial charge on any atom is 0.417 e. The van der Waals surface area contributed by atoms with E-state index in [1.165, 1.54) is 6.92 Å². The number of nitrogens with zero attached hydrogens (tertiary/aromatic N) is 3.